The molecule has 0 atom stereocenters. The molecule has 0 unspecified atom stereocenters. The third-order valence-corrected chi connectivity index (χ3v) is 2.56. The summed E-state index contributed by atoms with van der Waals surface area (Å²) >= 11 is 1.26. The summed E-state index contributed by atoms with van der Waals surface area (Å²) in [5.41, 5.74) is 0.592. The Balaban J connectivity index is 2.03. The molecular formula is C8H7N5O2S. The summed E-state index contributed by atoms with van der Waals surface area (Å²) in [6, 6.07) is 0. The molecule has 0 fully saturated rings. The van der Waals surface area contributed by atoms with Crippen molar-refractivity contribution < 1.29 is 9.59 Å². The largest absolute Gasteiger partial charge is 0.305 e. The predicted octanol–water partition coefficient (Wildman–Crippen LogP) is 0.186. The van der Waals surface area contributed by atoms with Crippen LogP contribution in [0, 0.1) is 0 Å². The summed E-state index contributed by atoms with van der Waals surface area (Å²) in [6.07, 6.45) is 3.29. The number of aromatic nitrogens is 4. The Morgan fingerprint density at radius 1 is 1.62 bits per heavy atom. The molecule has 0 saturated carbocycles. The topological polar surface area (TPSA) is 89.8 Å². The third-order valence-electron chi connectivity index (χ3n) is 1.74. The molecule has 0 aliphatic carbocycles. The van der Waals surface area contributed by atoms with Gasteiger partial charge in [-0.25, -0.2) is 9.97 Å². The van der Waals surface area contributed by atoms with Gasteiger partial charge in [-0.05, 0) is 0 Å². The second-order valence-corrected chi connectivity index (χ2v) is 3.67. The van der Waals surface area contributed by atoms with Crippen molar-refractivity contribution in [1.82, 2.24) is 19.7 Å². The van der Waals surface area contributed by atoms with E-state index in [0.29, 0.717) is 17.2 Å². The first-order valence-electron chi connectivity index (χ1n) is 4.32. The fourth-order valence-electron chi connectivity index (χ4n) is 1.08. The van der Waals surface area contributed by atoms with Gasteiger partial charge in [0.25, 0.3) is 5.91 Å². The van der Waals surface area contributed by atoms with Crippen molar-refractivity contribution in [2.45, 2.75) is 6.42 Å². The molecule has 2 heterocycles. The average Bonchev–Trinajstić information content (AvgIpc) is 2.89. The molecule has 0 spiro atoms. The quantitative estimate of drug-likeness (QED) is 0.766. The van der Waals surface area contributed by atoms with E-state index in [0.717, 1.165) is 4.68 Å². The van der Waals surface area contributed by atoms with Crippen molar-refractivity contribution in [3.05, 3.63) is 23.7 Å². The van der Waals surface area contributed by atoms with Crippen molar-refractivity contribution in [1.29, 1.82) is 0 Å². The number of rotatable bonds is 4. The van der Waals surface area contributed by atoms with Crippen LogP contribution in [-0.4, -0.2) is 32.1 Å². The van der Waals surface area contributed by atoms with Crippen molar-refractivity contribution in [2.24, 2.45) is 0 Å². The Bertz CT molecular complexity index is 492. The molecular weight excluding hydrogens is 230 g/mol. The smallest absolute Gasteiger partial charge is 0.254 e. The highest BCUT2D eigenvalue weighted by molar-refractivity contribution is 7.13. The number of hydrogen-bond acceptors (Lipinski definition) is 6. The summed E-state index contributed by atoms with van der Waals surface area (Å²) in [5.74, 6) is -0.222. The maximum atomic E-state index is 11.6. The molecule has 0 aromatic carbocycles. The number of carbonyl (C=O) groups is 2. The first-order valence-corrected chi connectivity index (χ1v) is 5.20. The Kier molecular flexibility index (Phi) is 3.01. The lowest BCUT2D eigenvalue weighted by Crippen LogP contribution is -2.14. The van der Waals surface area contributed by atoms with Crippen LogP contribution in [0.3, 0.4) is 0 Å². The van der Waals surface area contributed by atoms with E-state index in [1.807, 2.05) is 0 Å². The van der Waals surface area contributed by atoms with Gasteiger partial charge in [-0.3, -0.25) is 9.59 Å². The molecule has 82 valence electrons. The highest BCUT2D eigenvalue weighted by Gasteiger charge is 2.09. The number of nitrogens with zero attached hydrogens (tertiary/aromatic N) is 4. The molecule has 0 bridgehead atoms. The first-order chi connectivity index (χ1) is 7.79. The van der Waals surface area contributed by atoms with Crippen molar-refractivity contribution >= 4 is 28.8 Å². The lowest BCUT2D eigenvalue weighted by atomic mass is 10.3. The molecule has 0 saturated heterocycles. The normalized spacial score (nSPS) is 10.0. The van der Waals surface area contributed by atoms with Crippen LogP contribution in [0.5, 0.6) is 0 Å². The lowest BCUT2D eigenvalue weighted by molar-refractivity contribution is -0.105. The Labute approximate surface area is 94.1 Å². The Morgan fingerprint density at radius 3 is 3.19 bits per heavy atom. The van der Waals surface area contributed by atoms with E-state index in [1.54, 1.807) is 5.38 Å². The van der Waals surface area contributed by atoms with Crippen molar-refractivity contribution in [2.75, 3.05) is 5.32 Å². The van der Waals surface area contributed by atoms with Crippen LogP contribution < -0.4 is 5.32 Å². The molecule has 0 radical (unpaired) electrons. The first kappa shape index (κ1) is 10.4. The van der Waals surface area contributed by atoms with Crippen LogP contribution in [0.2, 0.25) is 0 Å². The van der Waals surface area contributed by atoms with E-state index < -0.39 is 0 Å². The second kappa shape index (κ2) is 4.62. The monoisotopic (exact) mass is 237 g/mol. The minimum atomic E-state index is -0.222. The predicted molar refractivity (Wildman–Crippen MR) is 56.2 cm³/mol. The zero-order valence-corrected chi connectivity index (χ0v) is 8.85. The van der Waals surface area contributed by atoms with Crippen molar-refractivity contribution in [3.8, 4) is 0 Å². The lowest BCUT2D eigenvalue weighted by Gasteiger charge is -1.95. The van der Waals surface area contributed by atoms with Gasteiger partial charge < -0.3 is 5.32 Å². The molecule has 8 heteroatoms. The number of carbonyl (C=O) groups excluding carboxylic acids is 2. The molecule has 1 amide bonds. The molecule has 2 aromatic heterocycles. The van der Waals surface area contributed by atoms with Gasteiger partial charge in [-0.2, -0.15) is 9.78 Å². The van der Waals surface area contributed by atoms with E-state index in [2.05, 4.69) is 20.4 Å². The molecule has 2 aromatic rings. The van der Waals surface area contributed by atoms with Crippen LogP contribution in [0.4, 0.5) is 5.13 Å². The molecule has 16 heavy (non-hydrogen) atoms. The SMILES string of the molecule is O=CNc1nc(CC(=O)n2cncn2)cs1. The molecule has 2 rings (SSSR count). The molecule has 0 aliphatic heterocycles. The highest BCUT2D eigenvalue weighted by atomic mass is 32.1. The summed E-state index contributed by atoms with van der Waals surface area (Å²) in [7, 11) is 0. The number of anilines is 1. The van der Waals surface area contributed by atoms with Crippen LogP contribution in [0.15, 0.2) is 18.0 Å². The van der Waals surface area contributed by atoms with E-state index in [9.17, 15) is 9.59 Å². The van der Waals surface area contributed by atoms with E-state index in [1.165, 1.54) is 24.0 Å². The van der Waals surface area contributed by atoms with Gasteiger partial charge in [0.05, 0.1) is 12.1 Å². The summed E-state index contributed by atoms with van der Waals surface area (Å²) in [6.45, 7) is 0. The fourth-order valence-corrected chi connectivity index (χ4v) is 1.75. The number of nitrogens with one attached hydrogen (secondary N) is 1. The number of thiazole rings is 1. The van der Waals surface area contributed by atoms with Gasteiger partial charge in [-0.1, -0.05) is 0 Å². The second-order valence-electron chi connectivity index (χ2n) is 2.82. The van der Waals surface area contributed by atoms with Gasteiger partial charge in [0.15, 0.2) is 5.13 Å². The van der Waals surface area contributed by atoms with Crippen LogP contribution in [-0.2, 0) is 11.2 Å². The number of hydrogen-bond donors (Lipinski definition) is 1. The third kappa shape index (κ3) is 2.28. The summed E-state index contributed by atoms with van der Waals surface area (Å²) in [5, 5.41) is 8.31. The minimum Gasteiger partial charge on any atom is -0.305 e. The average molecular weight is 237 g/mol. The van der Waals surface area contributed by atoms with Gasteiger partial charge in [0.1, 0.15) is 12.7 Å². The molecule has 7 nitrogen and oxygen atoms in total. The van der Waals surface area contributed by atoms with E-state index >= 15 is 0 Å². The minimum absolute atomic E-state index is 0.125. The summed E-state index contributed by atoms with van der Waals surface area (Å²) < 4.78 is 1.15. The Hall–Kier alpha value is -2.09. The van der Waals surface area contributed by atoms with Crippen LogP contribution >= 0.6 is 11.3 Å². The highest BCUT2D eigenvalue weighted by Crippen LogP contribution is 2.15. The zero-order valence-electron chi connectivity index (χ0n) is 8.03. The summed E-state index contributed by atoms with van der Waals surface area (Å²) in [4.78, 5) is 29.5. The maximum Gasteiger partial charge on any atom is 0.254 e. The van der Waals surface area contributed by atoms with Gasteiger partial charge in [0, 0.05) is 5.38 Å². The van der Waals surface area contributed by atoms with E-state index in [4.69, 9.17) is 0 Å². The number of amides is 1. The van der Waals surface area contributed by atoms with E-state index in [-0.39, 0.29) is 12.3 Å². The van der Waals surface area contributed by atoms with Crippen LogP contribution in [0.25, 0.3) is 0 Å². The molecule has 1 N–H and O–H groups in total. The zero-order chi connectivity index (χ0) is 11.4. The Morgan fingerprint density at radius 2 is 2.50 bits per heavy atom. The fraction of sp³-hybridized carbons (Fsp3) is 0.125. The van der Waals surface area contributed by atoms with Gasteiger partial charge in [0.2, 0.25) is 6.41 Å². The molecule has 0 aliphatic rings. The standard InChI is InChI=1S/C8H7N5O2S/c14-5-10-8-12-6(2-16-8)1-7(15)13-4-9-3-11-13/h2-5H,1H2,(H,10,12,14). The maximum absolute atomic E-state index is 11.6. The van der Waals surface area contributed by atoms with Crippen LogP contribution in [0.1, 0.15) is 10.5 Å². The van der Waals surface area contributed by atoms with Gasteiger partial charge >= 0.3 is 0 Å². The van der Waals surface area contributed by atoms with Gasteiger partial charge in [-0.15, -0.1) is 11.3 Å². The van der Waals surface area contributed by atoms with Crippen molar-refractivity contribution in [3.63, 3.8) is 0 Å².